The molecule has 1 saturated heterocycles. The van der Waals surface area contributed by atoms with Crippen LogP contribution in [0.2, 0.25) is 5.02 Å². The van der Waals surface area contributed by atoms with Crippen LogP contribution in [0.5, 0.6) is 0 Å². The van der Waals surface area contributed by atoms with Gasteiger partial charge in [-0.1, -0.05) is 54.1 Å². The molecule has 1 N–H and O–H groups in total. The van der Waals surface area contributed by atoms with E-state index in [4.69, 9.17) is 25.6 Å². The van der Waals surface area contributed by atoms with Gasteiger partial charge in [0.05, 0.1) is 16.2 Å². The molecule has 0 aliphatic carbocycles. The van der Waals surface area contributed by atoms with E-state index in [1.807, 2.05) is 64.1 Å². The van der Waals surface area contributed by atoms with Crippen LogP contribution in [0.1, 0.15) is 56.1 Å². The van der Waals surface area contributed by atoms with Crippen molar-refractivity contribution in [3.63, 3.8) is 0 Å². The van der Waals surface area contributed by atoms with Crippen molar-refractivity contribution in [3.8, 4) is 0 Å². The van der Waals surface area contributed by atoms with Gasteiger partial charge in [-0.25, -0.2) is 4.79 Å². The molecule has 1 fully saturated rings. The number of ketones is 1. The molecule has 0 saturated carbocycles. The molecule has 1 aliphatic rings. The van der Waals surface area contributed by atoms with Crippen LogP contribution >= 0.6 is 11.6 Å². The second kappa shape index (κ2) is 10.1. The van der Waals surface area contributed by atoms with E-state index in [0.29, 0.717) is 16.1 Å². The lowest BCUT2D eigenvalue weighted by Crippen LogP contribution is -2.41. The van der Waals surface area contributed by atoms with E-state index >= 15 is 0 Å². The van der Waals surface area contributed by atoms with Crippen LogP contribution in [0.3, 0.4) is 0 Å². The average molecular weight is 470 g/mol. The Bertz CT molecular complexity index is 1040. The third-order valence-electron chi connectivity index (χ3n) is 5.93. The molecule has 8 heteroatoms. The molecule has 0 bridgehead atoms. The van der Waals surface area contributed by atoms with Crippen LogP contribution in [0.25, 0.3) is 6.08 Å². The number of carbonyl (C=O) groups is 2. The number of alkyl carbamates (subject to hydrolysis) is 1. The molecule has 0 radical (unpaired) electrons. The molecule has 0 aromatic heterocycles. The van der Waals surface area contributed by atoms with Crippen LogP contribution < -0.4 is 5.32 Å². The minimum atomic E-state index is -0.680. The summed E-state index contributed by atoms with van der Waals surface area (Å²) in [4.78, 5) is 24.2. The van der Waals surface area contributed by atoms with Crippen molar-refractivity contribution in [1.82, 2.24) is 5.32 Å². The van der Waals surface area contributed by atoms with Crippen molar-refractivity contribution in [1.29, 1.82) is 0 Å². The zero-order chi connectivity index (χ0) is 24.2. The van der Waals surface area contributed by atoms with Gasteiger partial charge >= 0.3 is 13.2 Å². The molecular weight excluding hydrogens is 441 g/mol. The largest absolute Gasteiger partial charge is 0.492 e. The number of Topliss-reactive ketones (excluding diaryl/α,β-unsaturated/α-hetero) is 1. The fourth-order valence-corrected chi connectivity index (χ4v) is 3.51. The minimum absolute atomic E-state index is 0.130. The Kier molecular flexibility index (Phi) is 7.67. The van der Waals surface area contributed by atoms with Gasteiger partial charge in [-0.2, -0.15) is 0 Å². The van der Waals surface area contributed by atoms with Gasteiger partial charge in [0.15, 0.2) is 5.78 Å². The lowest BCUT2D eigenvalue weighted by molar-refractivity contribution is 0.00578. The number of hydrogen-bond donors (Lipinski definition) is 1. The molecule has 1 amide bonds. The Morgan fingerprint density at radius 2 is 1.70 bits per heavy atom. The fraction of sp³-hybridized carbons (Fsp3) is 0.360. The van der Waals surface area contributed by atoms with Gasteiger partial charge in [0.25, 0.3) is 0 Å². The number of halogens is 1. The van der Waals surface area contributed by atoms with Crippen molar-refractivity contribution in [2.75, 3.05) is 6.54 Å². The first-order chi connectivity index (χ1) is 15.5. The van der Waals surface area contributed by atoms with Gasteiger partial charge < -0.3 is 19.4 Å². The number of ether oxygens (including phenoxy) is 1. The summed E-state index contributed by atoms with van der Waals surface area (Å²) in [7, 11) is -0.680. The number of nitrogens with one attached hydrogen (secondary N) is 1. The maximum Gasteiger partial charge on any atom is 0.492 e. The highest BCUT2D eigenvalue weighted by Crippen LogP contribution is 2.38. The van der Waals surface area contributed by atoms with E-state index < -0.39 is 24.4 Å². The Balaban J connectivity index is 1.79. The van der Waals surface area contributed by atoms with Gasteiger partial charge in [-0.05, 0) is 63.4 Å². The van der Waals surface area contributed by atoms with Crippen molar-refractivity contribution in [3.05, 3.63) is 75.7 Å². The number of hydrogen-bond acceptors (Lipinski definition) is 5. The summed E-state index contributed by atoms with van der Waals surface area (Å²) >= 11 is 6.15. The van der Waals surface area contributed by atoms with E-state index in [1.165, 1.54) is 6.92 Å². The predicted octanol–water partition coefficient (Wildman–Crippen LogP) is 5.48. The van der Waals surface area contributed by atoms with Crippen LogP contribution in [0.4, 0.5) is 4.79 Å². The number of benzene rings is 2. The molecule has 33 heavy (non-hydrogen) atoms. The first-order valence-electron chi connectivity index (χ1n) is 10.8. The molecule has 0 spiro atoms. The molecular formula is C25H29BClNO5. The highest BCUT2D eigenvalue weighted by atomic mass is 35.5. The van der Waals surface area contributed by atoms with Crippen molar-refractivity contribution < 1.29 is 23.6 Å². The van der Waals surface area contributed by atoms with E-state index in [1.54, 1.807) is 18.2 Å². The molecule has 2 aromatic rings. The molecule has 2 aromatic carbocycles. The molecule has 1 aliphatic heterocycles. The zero-order valence-electron chi connectivity index (χ0n) is 19.6. The maximum absolute atomic E-state index is 12.3. The Morgan fingerprint density at radius 3 is 2.30 bits per heavy atom. The van der Waals surface area contributed by atoms with Crippen LogP contribution in [0.15, 0.2) is 54.0 Å². The molecule has 0 atom stereocenters. The number of amides is 1. The summed E-state index contributed by atoms with van der Waals surface area (Å²) in [6.45, 7) is 9.62. The van der Waals surface area contributed by atoms with Gasteiger partial charge in [0.1, 0.15) is 6.61 Å². The van der Waals surface area contributed by atoms with Crippen LogP contribution in [0, 0.1) is 0 Å². The SMILES string of the molecule is CC(=O)c1cc(C=C(CNC(=O)OCc2ccccc2)B2OC(C)(C)C(C)(C)O2)ccc1Cl. The third-order valence-corrected chi connectivity index (χ3v) is 6.26. The van der Waals surface area contributed by atoms with Crippen LogP contribution in [-0.4, -0.2) is 36.7 Å². The topological polar surface area (TPSA) is 73.9 Å². The quantitative estimate of drug-likeness (QED) is 0.429. The second-order valence-corrected chi connectivity index (χ2v) is 9.43. The highest BCUT2D eigenvalue weighted by molar-refractivity contribution is 6.56. The predicted molar refractivity (Wildman–Crippen MR) is 130 cm³/mol. The second-order valence-electron chi connectivity index (χ2n) is 9.02. The standard InChI is InChI=1S/C25H29BClNO5/c1-17(29)21-14-19(11-12-22(21)27)13-20(26-32-24(2,3)25(4,5)33-26)15-28-23(30)31-16-18-9-7-6-8-10-18/h6-14H,15-16H2,1-5H3,(H,28,30). The molecule has 0 unspecified atom stereocenters. The Hall–Kier alpha value is -2.61. The molecule has 174 valence electrons. The fourth-order valence-electron chi connectivity index (χ4n) is 3.26. The smallest absolute Gasteiger partial charge is 0.445 e. The normalized spacial score (nSPS) is 17.0. The van der Waals surface area contributed by atoms with E-state index in [0.717, 1.165) is 11.1 Å². The first-order valence-corrected chi connectivity index (χ1v) is 11.2. The van der Waals surface area contributed by atoms with Crippen molar-refractivity contribution in [2.24, 2.45) is 0 Å². The molecule has 3 rings (SSSR count). The summed E-state index contributed by atoms with van der Waals surface area (Å²) in [5.41, 5.74) is 1.65. The molecule has 6 nitrogen and oxygen atoms in total. The average Bonchev–Trinajstić information content (AvgIpc) is 2.98. The maximum atomic E-state index is 12.3. The van der Waals surface area contributed by atoms with E-state index in [2.05, 4.69) is 5.32 Å². The molecule has 1 heterocycles. The minimum Gasteiger partial charge on any atom is -0.445 e. The lowest BCUT2D eigenvalue weighted by atomic mass is 9.77. The third kappa shape index (κ3) is 6.25. The summed E-state index contributed by atoms with van der Waals surface area (Å²) in [6.07, 6.45) is 1.28. The van der Waals surface area contributed by atoms with Gasteiger partial charge in [-0.3, -0.25) is 4.79 Å². The van der Waals surface area contributed by atoms with Crippen molar-refractivity contribution in [2.45, 2.75) is 52.4 Å². The highest BCUT2D eigenvalue weighted by Gasteiger charge is 2.52. The Labute approximate surface area is 200 Å². The lowest BCUT2D eigenvalue weighted by Gasteiger charge is -2.32. The zero-order valence-corrected chi connectivity index (χ0v) is 20.4. The Morgan fingerprint density at radius 1 is 1.06 bits per heavy atom. The van der Waals surface area contributed by atoms with E-state index in [9.17, 15) is 9.59 Å². The van der Waals surface area contributed by atoms with Gasteiger partial charge in [0, 0.05) is 12.1 Å². The monoisotopic (exact) mass is 469 g/mol. The summed E-state index contributed by atoms with van der Waals surface area (Å²) in [5.74, 6) is -0.130. The van der Waals surface area contributed by atoms with Crippen molar-refractivity contribution >= 4 is 36.7 Å². The van der Waals surface area contributed by atoms with Gasteiger partial charge in [0.2, 0.25) is 0 Å². The van der Waals surface area contributed by atoms with Gasteiger partial charge in [-0.15, -0.1) is 0 Å². The summed E-state index contributed by atoms with van der Waals surface area (Å²) in [6, 6.07) is 14.6. The van der Waals surface area contributed by atoms with Crippen LogP contribution in [-0.2, 0) is 20.7 Å². The summed E-state index contributed by atoms with van der Waals surface area (Å²) in [5, 5.41) is 3.16. The summed E-state index contributed by atoms with van der Waals surface area (Å²) < 4.78 is 17.7. The van der Waals surface area contributed by atoms with E-state index in [-0.39, 0.29) is 18.9 Å². The number of rotatable bonds is 7. The first kappa shape index (κ1) is 25.0. The number of carbonyl (C=O) groups excluding carboxylic acids is 2.